The average molecular weight is 200 g/mol. The maximum absolute atomic E-state index is 10.6. The molecule has 78 valence electrons. The third-order valence-electron chi connectivity index (χ3n) is 4.97. The molecule has 0 aromatic heterocycles. The van der Waals surface area contributed by atoms with Crippen molar-refractivity contribution in [3.8, 4) is 0 Å². The summed E-state index contributed by atoms with van der Waals surface area (Å²) < 4.78 is 0. The van der Waals surface area contributed by atoms with Gasteiger partial charge in [-0.1, -0.05) is 24.3 Å². The van der Waals surface area contributed by atoms with Crippen LogP contribution in [0.25, 0.3) is 0 Å². The van der Waals surface area contributed by atoms with Crippen LogP contribution in [0.15, 0.2) is 24.3 Å². The predicted octanol–water partition coefficient (Wildman–Crippen LogP) is 2.80. The first-order valence-corrected chi connectivity index (χ1v) is 6.07. The zero-order chi connectivity index (χ0) is 10.0. The van der Waals surface area contributed by atoms with E-state index in [9.17, 15) is 5.11 Å². The summed E-state index contributed by atoms with van der Waals surface area (Å²) >= 11 is 0. The van der Waals surface area contributed by atoms with E-state index in [2.05, 4.69) is 24.3 Å². The number of rotatable bonds is 0. The summed E-state index contributed by atoms with van der Waals surface area (Å²) in [5.74, 6) is 1.87. The molecule has 1 N–H and O–H groups in total. The molecule has 15 heavy (non-hydrogen) atoms. The Balaban J connectivity index is 1.96. The van der Waals surface area contributed by atoms with Gasteiger partial charge < -0.3 is 5.11 Å². The van der Waals surface area contributed by atoms with Gasteiger partial charge in [0.05, 0.1) is 5.60 Å². The Morgan fingerprint density at radius 3 is 2.00 bits per heavy atom. The van der Waals surface area contributed by atoms with Gasteiger partial charge in [0, 0.05) is 0 Å². The first-order chi connectivity index (χ1) is 7.26. The SMILES string of the molecule is OC12C[C@@H]3CC1C[C@@H](C2)c1ccccc13. The molecule has 1 nitrogen and oxygen atoms in total. The van der Waals surface area contributed by atoms with Crippen molar-refractivity contribution < 1.29 is 5.11 Å². The molecule has 1 heteroatoms. The molecule has 2 fully saturated rings. The van der Waals surface area contributed by atoms with Crippen molar-refractivity contribution >= 4 is 0 Å². The largest absolute Gasteiger partial charge is 0.390 e. The highest BCUT2D eigenvalue weighted by Gasteiger charge is 2.55. The molecule has 0 spiro atoms. The Kier molecular flexibility index (Phi) is 1.37. The normalized spacial score (nSPS) is 45.5. The topological polar surface area (TPSA) is 20.2 Å². The van der Waals surface area contributed by atoms with Gasteiger partial charge in [-0.2, -0.15) is 0 Å². The quantitative estimate of drug-likeness (QED) is 0.682. The highest BCUT2D eigenvalue weighted by Crippen LogP contribution is 2.61. The molecule has 1 aromatic rings. The van der Waals surface area contributed by atoms with Crippen LogP contribution in [0.5, 0.6) is 0 Å². The molecule has 0 saturated heterocycles. The van der Waals surface area contributed by atoms with E-state index >= 15 is 0 Å². The lowest BCUT2D eigenvalue weighted by Crippen LogP contribution is -2.27. The van der Waals surface area contributed by atoms with Crippen LogP contribution in [-0.2, 0) is 0 Å². The van der Waals surface area contributed by atoms with Crippen LogP contribution < -0.4 is 0 Å². The Morgan fingerprint density at radius 2 is 1.53 bits per heavy atom. The van der Waals surface area contributed by atoms with Crippen LogP contribution in [0.4, 0.5) is 0 Å². The van der Waals surface area contributed by atoms with E-state index in [1.54, 1.807) is 11.1 Å². The molecule has 0 aliphatic heterocycles. The summed E-state index contributed by atoms with van der Waals surface area (Å²) in [6.45, 7) is 0. The molecular formula is C14H16O. The predicted molar refractivity (Wildman–Crippen MR) is 58.8 cm³/mol. The second-order valence-electron chi connectivity index (χ2n) is 5.70. The van der Waals surface area contributed by atoms with Gasteiger partial charge in [0.15, 0.2) is 0 Å². The van der Waals surface area contributed by atoms with Gasteiger partial charge in [0.1, 0.15) is 0 Å². The summed E-state index contributed by atoms with van der Waals surface area (Å²) in [5, 5.41) is 10.6. The van der Waals surface area contributed by atoms with Gasteiger partial charge in [-0.3, -0.25) is 0 Å². The standard InChI is InChI=1S/C14H16O/c15-14-7-9-5-11(14)6-10(8-14)13-4-2-1-3-12(9)13/h1-4,9-11,15H,5-8H2/t9-,10-,11?,14?/m0/s1. The lowest BCUT2D eigenvalue weighted by atomic mass is 9.91. The zero-order valence-electron chi connectivity index (χ0n) is 8.82. The molecule has 1 aromatic carbocycles. The fourth-order valence-corrected chi connectivity index (χ4v) is 4.39. The lowest BCUT2D eigenvalue weighted by molar-refractivity contribution is 0.0224. The molecule has 0 radical (unpaired) electrons. The minimum Gasteiger partial charge on any atom is -0.390 e. The van der Waals surface area contributed by atoms with Crippen molar-refractivity contribution in [2.75, 3.05) is 0 Å². The molecule has 0 amide bonds. The number of hydrogen-bond acceptors (Lipinski definition) is 1. The van der Waals surface area contributed by atoms with Gasteiger partial charge in [-0.25, -0.2) is 0 Å². The average Bonchev–Trinajstić information content (AvgIpc) is 2.59. The van der Waals surface area contributed by atoms with E-state index in [-0.39, 0.29) is 5.60 Å². The van der Waals surface area contributed by atoms with Crippen LogP contribution in [-0.4, -0.2) is 10.7 Å². The molecule has 4 bridgehead atoms. The van der Waals surface area contributed by atoms with Crippen LogP contribution in [0.2, 0.25) is 0 Å². The first kappa shape index (κ1) is 8.35. The second kappa shape index (κ2) is 2.46. The van der Waals surface area contributed by atoms with Gasteiger partial charge in [-0.05, 0) is 54.6 Å². The lowest BCUT2D eigenvalue weighted by Gasteiger charge is -2.21. The summed E-state index contributed by atoms with van der Waals surface area (Å²) in [4.78, 5) is 0. The molecule has 4 aliphatic carbocycles. The number of hydrogen-bond donors (Lipinski definition) is 1. The third kappa shape index (κ3) is 0.926. The van der Waals surface area contributed by atoms with Gasteiger partial charge >= 0.3 is 0 Å². The van der Waals surface area contributed by atoms with E-state index in [4.69, 9.17) is 0 Å². The summed E-state index contributed by atoms with van der Waals surface area (Å²) in [7, 11) is 0. The Hall–Kier alpha value is -0.820. The number of benzene rings is 1. The molecule has 0 heterocycles. The minimum absolute atomic E-state index is 0.311. The Morgan fingerprint density at radius 1 is 1.00 bits per heavy atom. The first-order valence-electron chi connectivity index (χ1n) is 6.07. The van der Waals surface area contributed by atoms with Crippen molar-refractivity contribution in [1.82, 2.24) is 0 Å². The fourth-order valence-electron chi connectivity index (χ4n) is 4.39. The van der Waals surface area contributed by atoms with Gasteiger partial charge in [0.25, 0.3) is 0 Å². The van der Waals surface area contributed by atoms with E-state index < -0.39 is 0 Å². The van der Waals surface area contributed by atoms with Crippen molar-refractivity contribution in [2.45, 2.75) is 43.1 Å². The molecule has 4 aliphatic rings. The van der Waals surface area contributed by atoms with E-state index in [1.807, 2.05) is 0 Å². The third-order valence-corrected chi connectivity index (χ3v) is 4.97. The van der Waals surface area contributed by atoms with Gasteiger partial charge in [-0.15, -0.1) is 0 Å². The number of aliphatic hydroxyl groups is 1. The Bertz CT molecular complexity index is 388. The second-order valence-corrected chi connectivity index (χ2v) is 5.70. The molecule has 0 unspecified atom stereocenters. The van der Waals surface area contributed by atoms with Crippen LogP contribution in [0.3, 0.4) is 0 Å². The molecule has 2 atom stereocenters. The minimum atomic E-state index is -0.311. The van der Waals surface area contributed by atoms with Crippen molar-refractivity contribution in [3.63, 3.8) is 0 Å². The van der Waals surface area contributed by atoms with Crippen LogP contribution in [0, 0.1) is 5.92 Å². The summed E-state index contributed by atoms with van der Waals surface area (Å²) in [6.07, 6.45) is 4.49. The monoisotopic (exact) mass is 200 g/mol. The van der Waals surface area contributed by atoms with Crippen molar-refractivity contribution in [3.05, 3.63) is 35.4 Å². The van der Waals surface area contributed by atoms with Gasteiger partial charge in [0.2, 0.25) is 0 Å². The fraction of sp³-hybridized carbons (Fsp3) is 0.571. The highest BCUT2D eigenvalue weighted by atomic mass is 16.3. The van der Waals surface area contributed by atoms with E-state index in [0.717, 1.165) is 12.8 Å². The van der Waals surface area contributed by atoms with Crippen molar-refractivity contribution in [2.24, 2.45) is 5.92 Å². The summed E-state index contributed by atoms with van der Waals surface area (Å²) in [5.41, 5.74) is 2.77. The van der Waals surface area contributed by atoms with Crippen LogP contribution in [0.1, 0.15) is 48.6 Å². The molecular weight excluding hydrogens is 184 g/mol. The highest BCUT2D eigenvalue weighted by molar-refractivity contribution is 5.40. The zero-order valence-corrected chi connectivity index (χ0v) is 8.82. The summed E-state index contributed by atoms with van der Waals surface area (Å²) in [6, 6.07) is 8.87. The van der Waals surface area contributed by atoms with E-state index in [0.29, 0.717) is 17.8 Å². The molecule has 5 rings (SSSR count). The van der Waals surface area contributed by atoms with Crippen LogP contribution >= 0.6 is 0 Å². The smallest absolute Gasteiger partial charge is 0.0687 e. The van der Waals surface area contributed by atoms with Crippen molar-refractivity contribution in [1.29, 1.82) is 0 Å². The Labute approximate surface area is 90.1 Å². The maximum Gasteiger partial charge on any atom is 0.0687 e. The van der Waals surface area contributed by atoms with E-state index in [1.165, 1.54) is 12.8 Å². The molecule has 2 saturated carbocycles. The maximum atomic E-state index is 10.6.